The molecular weight excluding hydrogens is 483 g/mol. The molecule has 2 atom stereocenters. The molecule has 0 heterocycles. The Kier molecular flexibility index (Phi) is 8.12. The van der Waals surface area contributed by atoms with Crippen molar-refractivity contribution in [1.82, 2.24) is 0 Å². The molecule has 0 N–H and O–H groups in total. The van der Waals surface area contributed by atoms with E-state index in [1.807, 2.05) is 0 Å². The molecule has 0 radical (unpaired) electrons. The van der Waals surface area contributed by atoms with Gasteiger partial charge in [0.1, 0.15) is 0 Å². The van der Waals surface area contributed by atoms with Gasteiger partial charge < -0.3 is 24.8 Å². The molecule has 0 nitrogen and oxygen atoms in total. The molecule has 162 valence electrons. The van der Waals surface area contributed by atoms with Crippen molar-refractivity contribution in [3.8, 4) is 11.1 Å². The maximum absolute atomic E-state index is 2.58. The van der Waals surface area contributed by atoms with Gasteiger partial charge in [0, 0.05) is 0 Å². The van der Waals surface area contributed by atoms with E-state index >= 15 is 0 Å². The van der Waals surface area contributed by atoms with Gasteiger partial charge in [0.25, 0.3) is 0 Å². The quantitative estimate of drug-likeness (QED) is 0.472. The first-order valence-electron chi connectivity index (χ1n) is 10.9. The molecule has 0 amide bonds. The van der Waals surface area contributed by atoms with Gasteiger partial charge >= 0.3 is 188 Å². The second-order valence-corrected chi connectivity index (χ2v) is 21.2. The summed E-state index contributed by atoms with van der Waals surface area (Å²) in [6.45, 7) is 9.95. The van der Waals surface area contributed by atoms with Crippen molar-refractivity contribution in [1.29, 1.82) is 0 Å². The number of benzene rings is 3. The van der Waals surface area contributed by atoms with Crippen LogP contribution in [-0.4, -0.2) is 6.19 Å². The average molecular weight is 511 g/mol. The summed E-state index contributed by atoms with van der Waals surface area (Å²) < 4.78 is 1.37. The van der Waals surface area contributed by atoms with Crippen LogP contribution in [0.1, 0.15) is 44.5 Å². The van der Waals surface area contributed by atoms with Crippen molar-refractivity contribution >= 4 is 18.3 Å². The molecule has 4 heteroatoms. The third-order valence-electron chi connectivity index (χ3n) is 6.71. The largest absolute Gasteiger partial charge is 1.00 e. The Labute approximate surface area is 211 Å². The van der Waals surface area contributed by atoms with E-state index in [1.165, 1.54) is 22.3 Å². The number of allylic oxidation sites excluding steroid dienone is 2. The summed E-state index contributed by atoms with van der Waals surface area (Å²) in [5.41, 5.74) is 12.1. The number of fused-ring (bicyclic) bond motifs is 2. The standard InChI is InChI=1S/C16H13.C10H9.C2H6Si.2ClH.Ti/c1-12-10-14-8-5-9-15(16(14)11-12)13-6-3-2-4-7-13;1-8-6-9-4-2-3-5-10(9)7-8;1-3-2;;;/h2-11H,1H3;2-7H,1H3;1-2H3;2*1H;/q;;;;;+2/p-2. The van der Waals surface area contributed by atoms with Crippen LogP contribution in [0.5, 0.6) is 0 Å². The molecule has 0 saturated heterocycles. The third-order valence-corrected chi connectivity index (χ3v) is 20.0. The van der Waals surface area contributed by atoms with E-state index in [9.17, 15) is 0 Å². The summed E-state index contributed by atoms with van der Waals surface area (Å²) in [5.74, 6) is 0. The van der Waals surface area contributed by atoms with Crippen LogP contribution in [0.25, 0.3) is 23.3 Å². The smallest absolute Gasteiger partial charge is 1.00 e. The van der Waals surface area contributed by atoms with Crippen LogP contribution in [0.3, 0.4) is 0 Å². The minimum Gasteiger partial charge on any atom is -1.00 e. The molecular formula is C28H28Cl2SiTi. The summed E-state index contributed by atoms with van der Waals surface area (Å²) >= 11 is -1.51. The first-order valence-corrected chi connectivity index (χ1v) is 17.5. The Bertz CT molecular complexity index is 1240. The van der Waals surface area contributed by atoms with Crippen molar-refractivity contribution in [2.75, 3.05) is 0 Å². The second kappa shape index (κ2) is 10.3. The van der Waals surface area contributed by atoms with E-state index in [0.29, 0.717) is 8.45 Å². The number of rotatable bonds is 3. The Morgan fingerprint density at radius 3 is 1.97 bits per heavy atom. The predicted octanol–water partition coefficient (Wildman–Crippen LogP) is 1.85. The summed E-state index contributed by atoms with van der Waals surface area (Å²) in [4.78, 5) is 0. The number of hydrogen-bond acceptors (Lipinski definition) is 0. The van der Waals surface area contributed by atoms with E-state index in [1.54, 1.807) is 22.3 Å². The minimum atomic E-state index is -1.51. The Morgan fingerprint density at radius 1 is 0.656 bits per heavy atom. The fourth-order valence-electron chi connectivity index (χ4n) is 5.47. The van der Waals surface area contributed by atoms with Gasteiger partial charge in [-0.05, 0) is 0 Å². The summed E-state index contributed by atoms with van der Waals surface area (Å²) in [5, 5.41) is 0. The topological polar surface area (TPSA) is 0 Å². The molecule has 0 saturated carbocycles. The van der Waals surface area contributed by atoms with Gasteiger partial charge in [-0.15, -0.1) is 0 Å². The molecule has 0 spiro atoms. The van der Waals surface area contributed by atoms with Gasteiger partial charge in [-0.1, -0.05) is 0 Å². The summed E-state index contributed by atoms with van der Waals surface area (Å²) in [6.07, 6.45) is 4.60. The molecule has 5 rings (SSSR count). The Balaban J connectivity index is 0.00000144. The molecule has 2 aliphatic carbocycles. The second-order valence-electron chi connectivity index (χ2n) is 8.90. The van der Waals surface area contributed by atoms with Crippen LogP contribution < -0.4 is 24.8 Å². The fraction of sp³-hybridized carbons (Fsp3) is 0.214. The molecule has 0 bridgehead atoms. The Hall–Kier alpha value is -1.35. The SMILES string of the molecule is CC1=Cc2ccccc2[CH]1[Ti+2]([CH]1C(C)=Cc2c(-c3ccccc3)cccc21)=[Si](C)C.[Cl-].[Cl-]. The van der Waals surface area contributed by atoms with Crippen LogP contribution in [0.4, 0.5) is 0 Å². The summed E-state index contributed by atoms with van der Waals surface area (Å²) in [6, 6.07) is 27.1. The average Bonchev–Trinajstić information content (AvgIpc) is 3.25. The molecule has 32 heavy (non-hydrogen) atoms. The van der Waals surface area contributed by atoms with Crippen molar-refractivity contribution < 1.29 is 41.4 Å². The molecule has 0 aromatic heterocycles. The van der Waals surface area contributed by atoms with Crippen molar-refractivity contribution in [3.05, 3.63) is 106 Å². The predicted molar refractivity (Wildman–Crippen MR) is 129 cm³/mol. The maximum Gasteiger partial charge on any atom is -1.00 e. The van der Waals surface area contributed by atoms with E-state index in [2.05, 4.69) is 112 Å². The van der Waals surface area contributed by atoms with Crippen LogP contribution in [0.15, 0.2) is 83.9 Å². The zero-order valence-corrected chi connectivity index (χ0v) is 23.1. The van der Waals surface area contributed by atoms with Crippen molar-refractivity contribution in [2.24, 2.45) is 0 Å². The van der Waals surface area contributed by atoms with E-state index in [4.69, 9.17) is 0 Å². The van der Waals surface area contributed by atoms with Gasteiger partial charge in [0.15, 0.2) is 0 Å². The zero-order chi connectivity index (χ0) is 20.8. The minimum absolute atomic E-state index is 0. The van der Waals surface area contributed by atoms with Gasteiger partial charge in [0.05, 0.1) is 0 Å². The number of hydrogen-bond donors (Lipinski definition) is 0. The Morgan fingerprint density at radius 2 is 1.25 bits per heavy atom. The maximum atomic E-state index is 2.58. The van der Waals surface area contributed by atoms with Crippen LogP contribution in [-0.2, 0) is 16.6 Å². The van der Waals surface area contributed by atoms with Crippen LogP contribution >= 0.6 is 0 Å². The molecule has 2 aliphatic rings. The van der Waals surface area contributed by atoms with E-state index < -0.39 is 16.6 Å². The van der Waals surface area contributed by atoms with Gasteiger partial charge in [-0.2, -0.15) is 0 Å². The van der Waals surface area contributed by atoms with Gasteiger partial charge in [-0.3, -0.25) is 0 Å². The first kappa shape index (κ1) is 25.3. The molecule has 0 fully saturated rings. The third kappa shape index (κ3) is 4.27. The van der Waals surface area contributed by atoms with Crippen molar-refractivity contribution in [3.63, 3.8) is 0 Å². The zero-order valence-electron chi connectivity index (χ0n) is 19.0. The molecule has 3 aromatic rings. The first-order chi connectivity index (χ1) is 14.6. The molecule has 3 aromatic carbocycles. The molecule has 2 unspecified atom stereocenters. The van der Waals surface area contributed by atoms with Gasteiger partial charge in [0.2, 0.25) is 0 Å². The van der Waals surface area contributed by atoms with E-state index in [-0.39, 0.29) is 31.0 Å². The number of halogens is 2. The molecule has 0 aliphatic heterocycles. The fourth-order valence-corrected chi connectivity index (χ4v) is 19.4. The normalized spacial score (nSPS) is 17.6. The van der Waals surface area contributed by atoms with Crippen LogP contribution in [0.2, 0.25) is 13.1 Å². The van der Waals surface area contributed by atoms with Crippen molar-refractivity contribution in [2.45, 2.75) is 35.4 Å². The summed E-state index contributed by atoms with van der Waals surface area (Å²) in [7, 11) is 0. The van der Waals surface area contributed by atoms with Crippen LogP contribution in [0, 0.1) is 0 Å². The van der Waals surface area contributed by atoms with E-state index in [0.717, 1.165) is 0 Å². The van der Waals surface area contributed by atoms with Gasteiger partial charge in [-0.25, -0.2) is 0 Å². The monoisotopic (exact) mass is 510 g/mol.